The van der Waals surface area contributed by atoms with Crippen LogP contribution in [-0.4, -0.2) is 53.4 Å². The molecule has 4 heterocycles. The zero-order chi connectivity index (χ0) is 22.5. The van der Waals surface area contributed by atoms with Crippen LogP contribution < -0.4 is 5.32 Å². The third-order valence-corrected chi connectivity index (χ3v) is 6.18. The van der Waals surface area contributed by atoms with E-state index < -0.39 is 5.25 Å². The minimum atomic E-state index is -0.473. The number of hydrogen-bond acceptors (Lipinski definition) is 8. The number of carbonyl (C=O) groups is 2. The molecule has 0 aromatic carbocycles. The van der Waals surface area contributed by atoms with Gasteiger partial charge in [-0.3, -0.25) is 19.1 Å². The van der Waals surface area contributed by atoms with E-state index in [9.17, 15) is 9.59 Å². The van der Waals surface area contributed by atoms with E-state index in [1.165, 1.54) is 11.8 Å². The molecular formula is C21H25N7O3S. The molecule has 1 aliphatic heterocycles. The van der Waals surface area contributed by atoms with Gasteiger partial charge in [-0.15, -0.1) is 10.2 Å². The second-order valence-electron chi connectivity index (χ2n) is 7.64. The van der Waals surface area contributed by atoms with Gasteiger partial charge in [0.1, 0.15) is 5.76 Å². The molecule has 1 unspecified atom stereocenters. The fourth-order valence-electron chi connectivity index (χ4n) is 3.47. The van der Waals surface area contributed by atoms with Gasteiger partial charge in [-0.25, -0.2) is 0 Å². The number of thioether (sulfide) groups is 1. The first-order valence-electron chi connectivity index (χ1n) is 10.5. The Morgan fingerprint density at radius 3 is 2.94 bits per heavy atom. The van der Waals surface area contributed by atoms with Gasteiger partial charge < -0.3 is 14.7 Å². The van der Waals surface area contributed by atoms with Crippen LogP contribution in [-0.2, 0) is 16.1 Å². The van der Waals surface area contributed by atoms with Gasteiger partial charge in [0, 0.05) is 25.2 Å². The van der Waals surface area contributed by atoms with E-state index in [1.54, 1.807) is 32.3 Å². The van der Waals surface area contributed by atoms with Crippen LogP contribution in [0.15, 0.2) is 40.3 Å². The Balaban J connectivity index is 1.56. The number of likely N-dealkylation sites (tertiary alicyclic amines) is 1. The average Bonchev–Trinajstić information content (AvgIpc) is 3.31. The molecule has 4 rings (SSSR count). The molecule has 1 saturated heterocycles. The number of carbonyl (C=O) groups excluding carboxylic acids is 2. The zero-order valence-corrected chi connectivity index (χ0v) is 18.8. The topological polar surface area (TPSA) is 119 Å². The van der Waals surface area contributed by atoms with Gasteiger partial charge >= 0.3 is 0 Å². The molecule has 3 aromatic rings. The van der Waals surface area contributed by atoms with Crippen LogP contribution in [0.4, 0.5) is 5.82 Å². The first-order valence-corrected chi connectivity index (χ1v) is 11.4. The van der Waals surface area contributed by atoms with Crippen LogP contribution in [0.25, 0.3) is 5.69 Å². The molecule has 11 heteroatoms. The monoisotopic (exact) mass is 455 g/mol. The number of nitrogens with zero attached hydrogens (tertiary/aromatic N) is 6. The van der Waals surface area contributed by atoms with E-state index in [1.807, 2.05) is 21.6 Å². The molecule has 1 atom stereocenters. The summed E-state index contributed by atoms with van der Waals surface area (Å²) >= 11 is 1.27. The van der Waals surface area contributed by atoms with E-state index in [2.05, 4.69) is 25.7 Å². The summed E-state index contributed by atoms with van der Waals surface area (Å²) in [7, 11) is 0. The molecule has 2 amide bonds. The summed E-state index contributed by atoms with van der Waals surface area (Å²) in [6.07, 6.45) is 6.91. The van der Waals surface area contributed by atoms with Crippen molar-refractivity contribution in [2.45, 2.75) is 56.5 Å². The molecule has 10 nitrogen and oxygen atoms in total. The Bertz CT molecular complexity index is 1080. The van der Waals surface area contributed by atoms with Crippen molar-refractivity contribution in [2.24, 2.45) is 0 Å². The van der Waals surface area contributed by atoms with Crippen molar-refractivity contribution in [3.8, 4) is 5.69 Å². The molecule has 0 saturated carbocycles. The highest BCUT2D eigenvalue weighted by Crippen LogP contribution is 2.27. The summed E-state index contributed by atoms with van der Waals surface area (Å²) in [5.41, 5.74) is 0.775. The van der Waals surface area contributed by atoms with Gasteiger partial charge in [0.2, 0.25) is 11.8 Å². The number of anilines is 1. The van der Waals surface area contributed by atoms with Crippen LogP contribution in [0, 0.1) is 6.92 Å². The number of aromatic nitrogens is 5. The Kier molecular flexibility index (Phi) is 6.84. The van der Waals surface area contributed by atoms with Gasteiger partial charge in [-0.1, -0.05) is 23.3 Å². The summed E-state index contributed by atoms with van der Waals surface area (Å²) in [6, 6.07) is 5.38. The molecule has 1 N–H and O–H groups in total. The van der Waals surface area contributed by atoms with Crippen LogP contribution in [0.2, 0.25) is 0 Å². The third kappa shape index (κ3) is 5.16. The zero-order valence-electron chi connectivity index (χ0n) is 18.0. The molecular weight excluding hydrogens is 430 g/mol. The Morgan fingerprint density at radius 2 is 2.19 bits per heavy atom. The quantitative estimate of drug-likeness (QED) is 0.540. The van der Waals surface area contributed by atoms with Gasteiger partial charge in [0.15, 0.2) is 16.8 Å². The van der Waals surface area contributed by atoms with Gasteiger partial charge in [-0.05, 0) is 38.8 Å². The standard InChI is InChI=1S/C21H25N7O3S/c1-14-11-17(26-31-14)23-20(30)15(2)32-21-25-24-18(28(21)16-7-6-9-22-12-16)13-27-10-5-3-4-8-19(27)29/h6-7,9,11-12,15H,3-5,8,10,13H2,1-2H3,(H,23,26,30). The first kappa shape index (κ1) is 22.0. The van der Waals surface area contributed by atoms with Gasteiger partial charge in [-0.2, -0.15) is 0 Å². The number of amides is 2. The number of pyridine rings is 1. The number of rotatable bonds is 7. The second-order valence-corrected chi connectivity index (χ2v) is 8.95. The van der Waals surface area contributed by atoms with Crippen LogP contribution >= 0.6 is 11.8 Å². The molecule has 0 radical (unpaired) electrons. The van der Waals surface area contributed by atoms with Crippen molar-refractivity contribution in [3.05, 3.63) is 42.2 Å². The van der Waals surface area contributed by atoms with Crippen molar-refractivity contribution < 1.29 is 14.1 Å². The summed E-state index contributed by atoms with van der Waals surface area (Å²) in [4.78, 5) is 31.2. The van der Waals surface area contributed by atoms with E-state index in [0.29, 0.717) is 42.1 Å². The van der Waals surface area contributed by atoms with Crippen LogP contribution in [0.1, 0.15) is 44.2 Å². The smallest absolute Gasteiger partial charge is 0.238 e. The molecule has 168 valence electrons. The van der Waals surface area contributed by atoms with Gasteiger partial charge in [0.05, 0.1) is 23.7 Å². The molecule has 1 aliphatic rings. The lowest BCUT2D eigenvalue weighted by atomic mass is 10.2. The largest absolute Gasteiger partial charge is 0.360 e. The van der Waals surface area contributed by atoms with Crippen molar-refractivity contribution in [1.82, 2.24) is 29.8 Å². The first-order chi connectivity index (χ1) is 15.5. The minimum Gasteiger partial charge on any atom is -0.360 e. The van der Waals surface area contributed by atoms with Crippen LogP contribution in [0.5, 0.6) is 0 Å². The van der Waals surface area contributed by atoms with Crippen molar-refractivity contribution in [2.75, 3.05) is 11.9 Å². The summed E-state index contributed by atoms with van der Waals surface area (Å²) < 4.78 is 6.86. The van der Waals surface area contributed by atoms with Crippen molar-refractivity contribution in [3.63, 3.8) is 0 Å². The lowest BCUT2D eigenvalue weighted by Crippen LogP contribution is -2.31. The maximum absolute atomic E-state index is 12.6. The maximum atomic E-state index is 12.6. The van der Waals surface area contributed by atoms with Crippen LogP contribution in [0.3, 0.4) is 0 Å². The maximum Gasteiger partial charge on any atom is 0.238 e. The number of nitrogens with one attached hydrogen (secondary N) is 1. The SMILES string of the molecule is Cc1cc(NC(=O)C(C)Sc2nnc(CN3CCCCCC3=O)n2-c2cccnc2)no1. The Labute approximate surface area is 189 Å². The molecule has 0 bridgehead atoms. The Hall–Kier alpha value is -3.21. The van der Waals surface area contributed by atoms with E-state index >= 15 is 0 Å². The summed E-state index contributed by atoms with van der Waals surface area (Å²) in [5, 5.41) is 15.3. The highest BCUT2D eigenvalue weighted by atomic mass is 32.2. The summed E-state index contributed by atoms with van der Waals surface area (Å²) in [6.45, 7) is 4.61. The highest BCUT2D eigenvalue weighted by Gasteiger charge is 2.25. The van der Waals surface area contributed by atoms with Crippen molar-refractivity contribution >= 4 is 29.4 Å². The average molecular weight is 456 g/mol. The normalized spacial score (nSPS) is 15.4. The molecule has 0 aliphatic carbocycles. The lowest BCUT2D eigenvalue weighted by Gasteiger charge is -2.20. The van der Waals surface area contributed by atoms with E-state index in [-0.39, 0.29) is 11.8 Å². The fourth-order valence-corrected chi connectivity index (χ4v) is 4.35. The van der Waals surface area contributed by atoms with E-state index in [4.69, 9.17) is 4.52 Å². The predicted molar refractivity (Wildman–Crippen MR) is 118 cm³/mol. The molecule has 1 fully saturated rings. The number of aryl methyl sites for hydroxylation is 1. The molecule has 0 spiro atoms. The summed E-state index contributed by atoms with van der Waals surface area (Å²) in [5.74, 6) is 1.52. The Morgan fingerprint density at radius 1 is 1.31 bits per heavy atom. The van der Waals surface area contributed by atoms with Crippen molar-refractivity contribution in [1.29, 1.82) is 0 Å². The third-order valence-electron chi connectivity index (χ3n) is 5.14. The fraction of sp³-hybridized carbons (Fsp3) is 0.429. The molecule has 32 heavy (non-hydrogen) atoms. The second kappa shape index (κ2) is 9.94. The minimum absolute atomic E-state index is 0.132. The van der Waals surface area contributed by atoms with E-state index in [0.717, 1.165) is 24.9 Å². The molecule has 3 aromatic heterocycles. The highest BCUT2D eigenvalue weighted by molar-refractivity contribution is 8.00. The predicted octanol–water partition coefficient (Wildman–Crippen LogP) is 2.98. The number of hydrogen-bond donors (Lipinski definition) is 1. The lowest BCUT2D eigenvalue weighted by molar-refractivity contribution is -0.131. The van der Waals surface area contributed by atoms with Gasteiger partial charge in [0.25, 0.3) is 0 Å².